The van der Waals surface area contributed by atoms with Gasteiger partial charge in [-0.25, -0.2) is 0 Å². The summed E-state index contributed by atoms with van der Waals surface area (Å²) in [6, 6.07) is 0.143. The van der Waals surface area contributed by atoms with E-state index in [0.29, 0.717) is 13.2 Å². The van der Waals surface area contributed by atoms with Crippen LogP contribution in [0.25, 0.3) is 0 Å². The van der Waals surface area contributed by atoms with Crippen molar-refractivity contribution < 1.29 is 14.6 Å². The SMILES string of the molecule is CNC1COCC1C(=O)NCCCCCCO. The molecule has 2 unspecified atom stereocenters. The molecule has 1 aliphatic rings. The second kappa shape index (κ2) is 8.44. The first-order valence-electron chi connectivity index (χ1n) is 6.43. The van der Waals surface area contributed by atoms with Gasteiger partial charge in [0.05, 0.1) is 19.1 Å². The zero-order valence-electron chi connectivity index (χ0n) is 10.6. The Morgan fingerprint density at radius 2 is 2.06 bits per heavy atom. The molecule has 1 heterocycles. The average Bonchev–Trinajstić information content (AvgIpc) is 2.81. The molecule has 1 aliphatic heterocycles. The van der Waals surface area contributed by atoms with Crippen LogP contribution in [0.15, 0.2) is 0 Å². The fourth-order valence-electron chi connectivity index (χ4n) is 2.03. The number of rotatable bonds is 8. The Balaban J connectivity index is 2.08. The number of hydrogen-bond donors (Lipinski definition) is 3. The van der Waals surface area contributed by atoms with Gasteiger partial charge in [0.1, 0.15) is 0 Å². The van der Waals surface area contributed by atoms with Crippen LogP contribution in [-0.2, 0) is 9.53 Å². The van der Waals surface area contributed by atoms with E-state index in [4.69, 9.17) is 9.84 Å². The van der Waals surface area contributed by atoms with E-state index in [1.165, 1.54) is 0 Å². The largest absolute Gasteiger partial charge is 0.396 e. The minimum absolute atomic E-state index is 0.0579. The number of nitrogens with one attached hydrogen (secondary N) is 2. The highest BCUT2D eigenvalue weighted by Gasteiger charge is 2.32. The number of likely N-dealkylation sites (N-methyl/N-ethyl adjacent to an activating group) is 1. The van der Waals surface area contributed by atoms with E-state index >= 15 is 0 Å². The van der Waals surface area contributed by atoms with E-state index in [0.717, 1.165) is 32.2 Å². The Hall–Kier alpha value is -0.650. The van der Waals surface area contributed by atoms with Gasteiger partial charge in [0, 0.05) is 19.2 Å². The molecule has 3 N–H and O–H groups in total. The van der Waals surface area contributed by atoms with E-state index in [1.807, 2.05) is 7.05 Å². The van der Waals surface area contributed by atoms with Crippen LogP contribution in [0.3, 0.4) is 0 Å². The molecule has 0 spiro atoms. The van der Waals surface area contributed by atoms with Crippen LogP contribution >= 0.6 is 0 Å². The molecule has 0 saturated carbocycles. The van der Waals surface area contributed by atoms with Gasteiger partial charge in [-0.1, -0.05) is 12.8 Å². The lowest BCUT2D eigenvalue weighted by Crippen LogP contribution is -2.42. The smallest absolute Gasteiger partial charge is 0.227 e. The fourth-order valence-corrected chi connectivity index (χ4v) is 2.03. The molecule has 1 fully saturated rings. The fraction of sp³-hybridized carbons (Fsp3) is 0.917. The van der Waals surface area contributed by atoms with Crippen molar-refractivity contribution in [1.29, 1.82) is 0 Å². The monoisotopic (exact) mass is 244 g/mol. The third kappa shape index (κ3) is 5.02. The summed E-state index contributed by atoms with van der Waals surface area (Å²) < 4.78 is 5.29. The van der Waals surface area contributed by atoms with Gasteiger partial charge in [0.2, 0.25) is 5.91 Å². The molecule has 0 aromatic heterocycles. The molecule has 0 bridgehead atoms. The zero-order valence-corrected chi connectivity index (χ0v) is 10.6. The number of carbonyl (C=O) groups is 1. The van der Waals surface area contributed by atoms with E-state index < -0.39 is 0 Å². The topological polar surface area (TPSA) is 70.6 Å². The normalized spacial score (nSPS) is 23.9. The predicted molar refractivity (Wildman–Crippen MR) is 65.7 cm³/mol. The summed E-state index contributed by atoms with van der Waals surface area (Å²) in [4.78, 5) is 11.8. The molecule has 1 amide bonds. The molecule has 0 radical (unpaired) electrons. The molecule has 0 aromatic carbocycles. The Morgan fingerprint density at radius 3 is 2.76 bits per heavy atom. The van der Waals surface area contributed by atoms with E-state index in [2.05, 4.69) is 10.6 Å². The van der Waals surface area contributed by atoms with Crippen LogP contribution in [0.4, 0.5) is 0 Å². The second-order valence-corrected chi connectivity index (χ2v) is 4.47. The number of carbonyl (C=O) groups excluding carboxylic acids is 1. The maximum absolute atomic E-state index is 11.8. The van der Waals surface area contributed by atoms with Gasteiger partial charge in [0.15, 0.2) is 0 Å². The number of hydrogen-bond acceptors (Lipinski definition) is 4. The summed E-state index contributed by atoms with van der Waals surface area (Å²) in [5.74, 6) is 0.0291. The first-order chi connectivity index (χ1) is 8.29. The first-order valence-corrected chi connectivity index (χ1v) is 6.43. The molecule has 17 heavy (non-hydrogen) atoms. The number of aliphatic hydroxyl groups excluding tert-OH is 1. The average molecular weight is 244 g/mol. The van der Waals surface area contributed by atoms with Crippen molar-refractivity contribution in [3.8, 4) is 0 Å². The van der Waals surface area contributed by atoms with Crippen molar-refractivity contribution in [2.24, 2.45) is 5.92 Å². The predicted octanol–water partition coefficient (Wildman–Crippen LogP) is -0.110. The third-order valence-corrected chi connectivity index (χ3v) is 3.17. The maximum Gasteiger partial charge on any atom is 0.227 e. The van der Waals surface area contributed by atoms with Gasteiger partial charge < -0.3 is 20.5 Å². The second-order valence-electron chi connectivity index (χ2n) is 4.47. The molecule has 5 nitrogen and oxygen atoms in total. The lowest BCUT2D eigenvalue weighted by molar-refractivity contribution is -0.125. The van der Waals surface area contributed by atoms with E-state index in [1.54, 1.807) is 0 Å². The molecule has 1 saturated heterocycles. The van der Waals surface area contributed by atoms with Crippen molar-refractivity contribution in [2.75, 3.05) is 33.4 Å². The Kier molecular flexibility index (Phi) is 7.16. The van der Waals surface area contributed by atoms with Crippen molar-refractivity contribution in [2.45, 2.75) is 31.7 Å². The van der Waals surface area contributed by atoms with Gasteiger partial charge >= 0.3 is 0 Å². The highest BCUT2D eigenvalue weighted by molar-refractivity contribution is 5.79. The Labute approximate surface area is 103 Å². The zero-order chi connectivity index (χ0) is 12.5. The van der Waals surface area contributed by atoms with Crippen LogP contribution in [0, 0.1) is 5.92 Å². The molecule has 5 heteroatoms. The number of aliphatic hydroxyl groups is 1. The van der Waals surface area contributed by atoms with Crippen LogP contribution in [0.2, 0.25) is 0 Å². The van der Waals surface area contributed by atoms with E-state index in [-0.39, 0.29) is 24.5 Å². The summed E-state index contributed by atoms with van der Waals surface area (Å²) in [5.41, 5.74) is 0. The number of amides is 1. The highest BCUT2D eigenvalue weighted by Crippen LogP contribution is 2.13. The molecule has 0 aliphatic carbocycles. The summed E-state index contributed by atoms with van der Waals surface area (Å²) in [7, 11) is 1.86. The lowest BCUT2D eigenvalue weighted by Gasteiger charge is -2.16. The van der Waals surface area contributed by atoms with Crippen LogP contribution in [0.1, 0.15) is 25.7 Å². The maximum atomic E-state index is 11.8. The van der Waals surface area contributed by atoms with Gasteiger partial charge in [-0.2, -0.15) is 0 Å². The molecule has 100 valence electrons. The van der Waals surface area contributed by atoms with Crippen molar-refractivity contribution in [1.82, 2.24) is 10.6 Å². The molecule has 0 aromatic rings. The minimum Gasteiger partial charge on any atom is -0.396 e. The van der Waals surface area contributed by atoms with Gasteiger partial charge in [-0.05, 0) is 19.9 Å². The van der Waals surface area contributed by atoms with Crippen LogP contribution in [-0.4, -0.2) is 50.5 Å². The van der Waals surface area contributed by atoms with Gasteiger partial charge in [-0.3, -0.25) is 4.79 Å². The summed E-state index contributed by atoms with van der Waals surface area (Å²) in [6.45, 7) is 2.11. The molecular weight excluding hydrogens is 220 g/mol. The van der Waals surface area contributed by atoms with Crippen molar-refractivity contribution >= 4 is 5.91 Å². The number of ether oxygens (including phenoxy) is 1. The lowest BCUT2D eigenvalue weighted by atomic mass is 10.0. The summed E-state index contributed by atoms with van der Waals surface area (Å²) in [6.07, 6.45) is 3.91. The Bertz CT molecular complexity index is 224. The third-order valence-electron chi connectivity index (χ3n) is 3.17. The molecular formula is C12H24N2O3. The number of unbranched alkanes of at least 4 members (excludes halogenated alkanes) is 3. The minimum atomic E-state index is -0.0579. The first kappa shape index (κ1) is 14.4. The summed E-state index contributed by atoms with van der Waals surface area (Å²) >= 11 is 0. The Morgan fingerprint density at radius 1 is 1.29 bits per heavy atom. The van der Waals surface area contributed by atoms with Crippen LogP contribution < -0.4 is 10.6 Å². The standard InChI is InChI=1S/C12H24N2O3/c1-13-11-9-17-8-10(11)12(16)14-6-4-2-3-5-7-15/h10-11,13,15H,2-9H2,1H3,(H,14,16). The van der Waals surface area contributed by atoms with Gasteiger partial charge in [-0.15, -0.1) is 0 Å². The van der Waals surface area contributed by atoms with Crippen LogP contribution in [0.5, 0.6) is 0 Å². The highest BCUT2D eigenvalue weighted by atomic mass is 16.5. The molecule has 2 atom stereocenters. The van der Waals surface area contributed by atoms with Crippen molar-refractivity contribution in [3.05, 3.63) is 0 Å². The van der Waals surface area contributed by atoms with Crippen molar-refractivity contribution in [3.63, 3.8) is 0 Å². The molecule has 1 rings (SSSR count). The van der Waals surface area contributed by atoms with Gasteiger partial charge in [0.25, 0.3) is 0 Å². The van der Waals surface area contributed by atoms with E-state index in [9.17, 15) is 4.79 Å². The quantitative estimate of drug-likeness (QED) is 0.521. The summed E-state index contributed by atoms with van der Waals surface area (Å²) in [5, 5.41) is 14.7.